The Bertz CT molecular complexity index is 668. The summed E-state index contributed by atoms with van der Waals surface area (Å²) in [5.74, 6) is 7.18. The molecule has 0 radical (unpaired) electrons. The van der Waals surface area contributed by atoms with Crippen LogP contribution in [0.3, 0.4) is 0 Å². The standard InChI is InChI=1S/C16H23N5OS/c1-4-7-14-19-20-16(21(14)17)23-10-15(22)18-13-9-6-5-8-12(13)11(2)3/h5-6,8-9,11H,4,7,10,17H2,1-3H3,(H,18,22). The van der Waals surface area contributed by atoms with Crippen molar-refractivity contribution in [3.05, 3.63) is 35.7 Å². The van der Waals surface area contributed by atoms with Crippen molar-refractivity contribution in [3.8, 4) is 0 Å². The average molecular weight is 333 g/mol. The van der Waals surface area contributed by atoms with Gasteiger partial charge in [0.1, 0.15) is 0 Å². The van der Waals surface area contributed by atoms with Gasteiger partial charge in [0.2, 0.25) is 11.1 Å². The Hall–Kier alpha value is -2.02. The molecule has 0 spiro atoms. The molecule has 0 unspecified atom stereocenters. The number of amides is 1. The molecule has 0 saturated carbocycles. The van der Waals surface area contributed by atoms with Crippen LogP contribution in [0.2, 0.25) is 0 Å². The number of nitrogens with zero attached hydrogens (tertiary/aromatic N) is 3. The highest BCUT2D eigenvalue weighted by atomic mass is 32.2. The number of rotatable bonds is 7. The van der Waals surface area contributed by atoms with Crippen LogP contribution < -0.4 is 11.2 Å². The summed E-state index contributed by atoms with van der Waals surface area (Å²) in [7, 11) is 0. The van der Waals surface area contributed by atoms with Gasteiger partial charge in [0.15, 0.2) is 5.82 Å². The van der Waals surface area contributed by atoms with Gasteiger partial charge < -0.3 is 11.2 Å². The van der Waals surface area contributed by atoms with Crippen LogP contribution in [0.15, 0.2) is 29.4 Å². The van der Waals surface area contributed by atoms with Crippen LogP contribution in [0, 0.1) is 0 Å². The normalized spacial score (nSPS) is 11.0. The Morgan fingerprint density at radius 2 is 2.09 bits per heavy atom. The van der Waals surface area contributed by atoms with Crippen molar-refractivity contribution >= 4 is 23.4 Å². The van der Waals surface area contributed by atoms with Gasteiger partial charge in [-0.1, -0.05) is 50.7 Å². The fourth-order valence-corrected chi connectivity index (χ4v) is 2.91. The number of hydrogen-bond acceptors (Lipinski definition) is 5. The second-order valence-electron chi connectivity index (χ2n) is 5.60. The molecule has 0 bridgehead atoms. The van der Waals surface area contributed by atoms with Crippen LogP contribution >= 0.6 is 11.8 Å². The van der Waals surface area contributed by atoms with Gasteiger partial charge >= 0.3 is 0 Å². The molecular formula is C16H23N5OS. The number of nitrogens with two attached hydrogens (primary N) is 1. The van der Waals surface area contributed by atoms with E-state index in [2.05, 4.69) is 36.3 Å². The van der Waals surface area contributed by atoms with E-state index in [1.54, 1.807) is 0 Å². The number of anilines is 1. The monoisotopic (exact) mass is 333 g/mol. The lowest BCUT2D eigenvalue weighted by atomic mass is 10.0. The molecule has 1 heterocycles. The summed E-state index contributed by atoms with van der Waals surface area (Å²) in [5.41, 5.74) is 1.98. The first-order valence-electron chi connectivity index (χ1n) is 7.73. The lowest BCUT2D eigenvalue weighted by Gasteiger charge is -2.13. The number of aryl methyl sites for hydroxylation is 1. The maximum Gasteiger partial charge on any atom is 0.234 e. The van der Waals surface area contributed by atoms with E-state index in [0.717, 1.165) is 29.9 Å². The van der Waals surface area contributed by atoms with E-state index in [4.69, 9.17) is 5.84 Å². The topological polar surface area (TPSA) is 85.8 Å². The van der Waals surface area contributed by atoms with E-state index in [1.807, 2.05) is 24.3 Å². The SMILES string of the molecule is CCCc1nnc(SCC(=O)Nc2ccccc2C(C)C)n1N. The molecule has 0 aliphatic heterocycles. The molecule has 0 fully saturated rings. The van der Waals surface area contributed by atoms with Gasteiger partial charge in [-0.2, -0.15) is 0 Å². The minimum absolute atomic E-state index is 0.0804. The van der Waals surface area contributed by atoms with Crippen LogP contribution in [0.1, 0.15) is 44.5 Å². The molecular weight excluding hydrogens is 310 g/mol. The first kappa shape index (κ1) is 17.3. The minimum atomic E-state index is -0.0804. The molecule has 6 nitrogen and oxygen atoms in total. The number of benzene rings is 1. The van der Waals surface area contributed by atoms with Crippen molar-refractivity contribution in [2.24, 2.45) is 0 Å². The molecule has 1 aromatic heterocycles. The van der Waals surface area contributed by atoms with Crippen molar-refractivity contribution in [2.45, 2.75) is 44.7 Å². The predicted octanol–water partition coefficient (Wildman–Crippen LogP) is 2.80. The van der Waals surface area contributed by atoms with Crippen LogP contribution in [0.4, 0.5) is 5.69 Å². The number of thioether (sulfide) groups is 1. The molecule has 0 aliphatic rings. The van der Waals surface area contributed by atoms with E-state index in [1.165, 1.54) is 16.4 Å². The lowest BCUT2D eigenvalue weighted by molar-refractivity contribution is -0.113. The van der Waals surface area contributed by atoms with Crippen LogP contribution in [-0.2, 0) is 11.2 Å². The van der Waals surface area contributed by atoms with Gasteiger partial charge in [0, 0.05) is 12.1 Å². The number of aromatic nitrogens is 3. The van der Waals surface area contributed by atoms with Crippen LogP contribution in [0.25, 0.3) is 0 Å². The zero-order valence-corrected chi connectivity index (χ0v) is 14.6. The molecule has 2 rings (SSSR count). The summed E-state index contributed by atoms with van der Waals surface area (Å²) < 4.78 is 1.46. The zero-order chi connectivity index (χ0) is 16.8. The fraction of sp³-hybridized carbons (Fsp3) is 0.438. The highest BCUT2D eigenvalue weighted by molar-refractivity contribution is 7.99. The molecule has 0 atom stereocenters. The van der Waals surface area contributed by atoms with Gasteiger partial charge in [-0.25, -0.2) is 4.68 Å². The average Bonchev–Trinajstić information content (AvgIpc) is 2.87. The Labute approximate surface area is 140 Å². The molecule has 2 aromatic rings. The predicted molar refractivity (Wildman–Crippen MR) is 94.1 cm³/mol. The van der Waals surface area contributed by atoms with Gasteiger partial charge in [-0.3, -0.25) is 4.79 Å². The molecule has 3 N–H and O–H groups in total. The Morgan fingerprint density at radius 1 is 1.35 bits per heavy atom. The minimum Gasteiger partial charge on any atom is -0.336 e. The maximum atomic E-state index is 12.2. The first-order valence-corrected chi connectivity index (χ1v) is 8.72. The van der Waals surface area contributed by atoms with Crippen molar-refractivity contribution in [3.63, 3.8) is 0 Å². The molecule has 23 heavy (non-hydrogen) atoms. The third-order valence-electron chi connectivity index (χ3n) is 3.40. The highest BCUT2D eigenvalue weighted by Gasteiger charge is 2.13. The molecule has 1 aromatic carbocycles. The van der Waals surface area contributed by atoms with Gasteiger partial charge in [0.25, 0.3) is 0 Å². The highest BCUT2D eigenvalue weighted by Crippen LogP contribution is 2.24. The summed E-state index contributed by atoms with van der Waals surface area (Å²) in [6, 6.07) is 7.84. The first-order chi connectivity index (χ1) is 11.0. The number of carbonyl (C=O) groups excluding carboxylic acids is 1. The molecule has 0 saturated heterocycles. The number of carbonyl (C=O) groups is 1. The Morgan fingerprint density at radius 3 is 2.78 bits per heavy atom. The summed E-state index contributed by atoms with van der Waals surface area (Å²) in [6.07, 6.45) is 1.73. The molecule has 1 amide bonds. The number of nitrogen functional groups attached to an aromatic ring is 1. The smallest absolute Gasteiger partial charge is 0.234 e. The fourth-order valence-electron chi connectivity index (χ4n) is 2.23. The quantitative estimate of drug-likeness (QED) is 0.601. The summed E-state index contributed by atoms with van der Waals surface area (Å²) in [6.45, 7) is 6.26. The van der Waals surface area contributed by atoms with Crippen molar-refractivity contribution in [1.29, 1.82) is 0 Å². The molecule has 7 heteroatoms. The Kier molecular flexibility index (Phi) is 6.04. The lowest BCUT2D eigenvalue weighted by Crippen LogP contribution is -2.18. The maximum absolute atomic E-state index is 12.2. The summed E-state index contributed by atoms with van der Waals surface area (Å²) in [5, 5.41) is 11.6. The summed E-state index contributed by atoms with van der Waals surface area (Å²) >= 11 is 1.29. The second kappa shape index (κ2) is 8.01. The van der Waals surface area contributed by atoms with Crippen LogP contribution in [-0.4, -0.2) is 26.5 Å². The zero-order valence-electron chi connectivity index (χ0n) is 13.7. The van der Waals surface area contributed by atoms with Crippen molar-refractivity contribution < 1.29 is 4.79 Å². The number of hydrogen-bond donors (Lipinski definition) is 2. The van der Waals surface area contributed by atoms with Gasteiger partial charge in [-0.05, 0) is 24.0 Å². The summed E-state index contributed by atoms with van der Waals surface area (Å²) in [4.78, 5) is 12.2. The van der Waals surface area contributed by atoms with Gasteiger partial charge in [0.05, 0.1) is 5.75 Å². The number of para-hydroxylation sites is 1. The van der Waals surface area contributed by atoms with E-state index in [0.29, 0.717) is 11.1 Å². The largest absolute Gasteiger partial charge is 0.336 e. The number of nitrogens with one attached hydrogen (secondary N) is 1. The molecule has 124 valence electrons. The van der Waals surface area contributed by atoms with E-state index in [9.17, 15) is 4.79 Å². The third kappa shape index (κ3) is 4.48. The molecule has 0 aliphatic carbocycles. The van der Waals surface area contributed by atoms with Crippen LogP contribution in [0.5, 0.6) is 0 Å². The van der Waals surface area contributed by atoms with Gasteiger partial charge in [-0.15, -0.1) is 10.2 Å². The van der Waals surface area contributed by atoms with E-state index in [-0.39, 0.29) is 11.7 Å². The van der Waals surface area contributed by atoms with Crippen molar-refractivity contribution in [1.82, 2.24) is 14.9 Å². The Balaban J connectivity index is 1.96. The third-order valence-corrected chi connectivity index (χ3v) is 4.34. The second-order valence-corrected chi connectivity index (χ2v) is 6.54. The van der Waals surface area contributed by atoms with E-state index >= 15 is 0 Å². The van der Waals surface area contributed by atoms with Crippen molar-refractivity contribution in [2.75, 3.05) is 16.9 Å². The van der Waals surface area contributed by atoms with E-state index < -0.39 is 0 Å².